The molecular formula is C57H89N7O14. The Morgan fingerprint density at radius 1 is 0.872 bits per heavy atom. The van der Waals surface area contributed by atoms with Gasteiger partial charge in [0.15, 0.2) is 11.9 Å². The molecule has 1 aromatic carbocycles. The lowest BCUT2D eigenvalue weighted by atomic mass is 9.91. The molecule has 3 aliphatic heterocycles. The number of carbonyl (C=O) groups is 10. The number of likely N-dealkylation sites (tertiary alicyclic amines) is 1. The second kappa shape index (κ2) is 29.3. The number of likely N-dealkylation sites (N-methyl/N-ethyl adjacent to an activating group) is 2. The van der Waals surface area contributed by atoms with Gasteiger partial charge in [0.05, 0.1) is 37.6 Å². The number of nitrogens with one attached hydrogen (secondary N) is 3. The highest BCUT2D eigenvalue weighted by Gasteiger charge is 2.45. The third-order valence-electron chi connectivity index (χ3n) is 15.5. The Hall–Kier alpha value is -5.96. The molecule has 6 amide bonds. The third-order valence-corrected chi connectivity index (χ3v) is 15.5. The molecule has 12 atom stereocenters. The van der Waals surface area contributed by atoms with Crippen molar-refractivity contribution in [3.05, 3.63) is 29.8 Å². The summed E-state index contributed by atoms with van der Waals surface area (Å²) in [4.78, 5) is 147. The molecule has 3 fully saturated rings. The molecule has 436 valence electrons. The number of esters is 2. The Balaban J connectivity index is 1.87. The number of amides is 6. The summed E-state index contributed by atoms with van der Waals surface area (Å²) in [6.45, 7) is 19.1. The zero-order valence-corrected chi connectivity index (χ0v) is 48.5. The topological polar surface area (TPSA) is 268 Å². The maximum Gasteiger partial charge on any atom is 0.329 e. The van der Waals surface area contributed by atoms with E-state index >= 15 is 0 Å². The maximum atomic E-state index is 15.0. The number of hydrogen-bond donors (Lipinski definition) is 4. The van der Waals surface area contributed by atoms with Gasteiger partial charge in [0.2, 0.25) is 35.3 Å². The Bertz CT molecular complexity index is 2290. The molecule has 4 rings (SSSR count). The summed E-state index contributed by atoms with van der Waals surface area (Å²) < 4.78 is 17.3. The van der Waals surface area contributed by atoms with Crippen LogP contribution in [0.2, 0.25) is 0 Å². The van der Waals surface area contributed by atoms with Gasteiger partial charge in [-0.25, -0.2) is 4.79 Å². The van der Waals surface area contributed by atoms with E-state index in [-0.39, 0.29) is 56.7 Å². The van der Waals surface area contributed by atoms with Crippen LogP contribution in [-0.2, 0) is 63.8 Å². The van der Waals surface area contributed by atoms with Crippen LogP contribution in [0, 0.1) is 29.6 Å². The molecule has 3 saturated heterocycles. The fourth-order valence-electron chi connectivity index (χ4n) is 10.6. The highest BCUT2D eigenvalue weighted by Crippen LogP contribution is 2.27. The van der Waals surface area contributed by atoms with E-state index in [1.54, 1.807) is 57.0 Å². The van der Waals surface area contributed by atoms with Crippen LogP contribution in [-0.4, -0.2) is 185 Å². The van der Waals surface area contributed by atoms with E-state index < -0.39 is 138 Å². The summed E-state index contributed by atoms with van der Waals surface area (Å²) >= 11 is 0. The number of aliphatic hydroxyl groups excluding tert-OH is 1. The predicted molar refractivity (Wildman–Crippen MR) is 289 cm³/mol. The van der Waals surface area contributed by atoms with Gasteiger partial charge in [-0.15, -0.1) is 0 Å². The van der Waals surface area contributed by atoms with E-state index in [1.165, 1.54) is 49.6 Å². The van der Waals surface area contributed by atoms with Crippen molar-refractivity contribution in [2.75, 3.05) is 40.8 Å². The molecule has 0 aromatic heterocycles. The monoisotopic (exact) mass is 1100 g/mol. The molecule has 21 nitrogen and oxygen atoms in total. The van der Waals surface area contributed by atoms with Crippen LogP contribution in [0.15, 0.2) is 24.3 Å². The lowest BCUT2D eigenvalue weighted by Gasteiger charge is -2.36. The predicted octanol–water partition coefficient (Wildman–Crippen LogP) is 3.00. The van der Waals surface area contributed by atoms with Gasteiger partial charge in [-0.2, -0.15) is 0 Å². The number of ketones is 2. The minimum Gasteiger partial charge on any atom is -0.497 e. The number of carbonyl (C=O) groups excluding carboxylic acids is 10. The van der Waals surface area contributed by atoms with Crippen LogP contribution in [0.4, 0.5) is 0 Å². The molecule has 0 spiro atoms. The van der Waals surface area contributed by atoms with Gasteiger partial charge in [-0.05, 0) is 101 Å². The minimum atomic E-state index is -1.66. The van der Waals surface area contributed by atoms with Crippen LogP contribution in [0.3, 0.4) is 0 Å². The lowest BCUT2D eigenvalue weighted by molar-refractivity contribution is -0.163. The first-order chi connectivity index (χ1) is 36.6. The van der Waals surface area contributed by atoms with E-state index in [0.717, 1.165) is 0 Å². The molecule has 0 bridgehead atoms. The Kier molecular flexibility index (Phi) is 24.3. The molecule has 4 N–H and O–H groups in total. The number of fused-ring (bicyclic) bond motifs is 1. The normalized spacial score (nSPS) is 27.6. The number of aliphatic hydroxyl groups is 1. The van der Waals surface area contributed by atoms with Crippen LogP contribution in [0.5, 0.6) is 5.75 Å². The van der Waals surface area contributed by atoms with Gasteiger partial charge in [-0.3, -0.25) is 48.1 Å². The molecule has 78 heavy (non-hydrogen) atoms. The van der Waals surface area contributed by atoms with Crippen molar-refractivity contribution < 1.29 is 67.3 Å². The summed E-state index contributed by atoms with van der Waals surface area (Å²) in [5.74, 6) is -9.56. The van der Waals surface area contributed by atoms with E-state index in [2.05, 4.69) is 16.0 Å². The number of cyclic esters (lactones) is 2. The first-order valence-electron chi connectivity index (χ1n) is 27.9. The summed E-state index contributed by atoms with van der Waals surface area (Å²) in [6.07, 6.45) is -2.59. The van der Waals surface area contributed by atoms with Crippen molar-refractivity contribution in [2.24, 2.45) is 29.6 Å². The molecular weight excluding hydrogens is 1010 g/mol. The van der Waals surface area contributed by atoms with Gasteiger partial charge in [0, 0.05) is 46.1 Å². The summed E-state index contributed by atoms with van der Waals surface area (Å²) in [6, 6.07) is -0.897. The van der Waals surface area contributed by atoms with Crippen LogP contribution in [0.1, 0.15) is 133 Å². The summed E-state index contributed by atoms with van der Waals surface area (Å²) in [5, 5.41) is 20.3. The van der Waals surface area contributed by atoms with E-state index in [0.29, 0.717) is 43.5 Å². The molecule has 21 heteroatoms. The minimum absolute atomic E-state index is 0.0585. The molecule has 3 heterocycles. The van der Waals surface area contributed by atoms with Crippen molar-refractivity contribution in [1.82, 2.24) is 35.6 Å². The van der Waals surface area contributed by atoms with Crippen LogP contribution < -0.4 is 20.7 Å². The smallest absolute Gasteiger partial charge is 0.329 e. The van der Waals surface area contributed by atoms with Gasteiger partial charge >= 0.3 is 11.9 Å². The van der Waals surface area contributed by atoms with Gasteiger partial charge in [0.25, 0.3) is 5.91 Å². The Morgan fingerprint density at radius 2 is 1.51 bits per heavy atom. The largest absolute Gasteiger partial charge is 0.497 e. The fraction of sp³-hybridized carbons (Fsp3) is 0.719. The second-order valence-electron chi connectivity index (χ2n) is 22.9. The number of methoxy groups -OCH3 is 1. The molecule has 2 unspecified atom stereocenters. The standard InChI is InChI=1S/C57H89N7O14/c1-15-34(8)47-45(66)29-46(67)78-50(33(6)7)49(68)35(9)51(69)58-41(26-31(2)3)55(73)64-25-17-19-42(64)56(74)62(13)44(28-38-20-22-40(76-14)23-21-38)57(75)77-37(11)48(53(71)59-47)60-52(70)43(27-32(4)5)61(12)30-39-18-16-24-63(39)54(72)36(10)65/h20-23,31-35,37,39,41-45,47-48,50,66H,15-19,24-30H2,1-14H3,(H,58,69)(H,59,71)(H,60,70)/t34-,35-,37+,39?,41-,42?,43+,44-,45-,47+,48-,50-/m0/s1. The lowest BCUT2D eigenvalue weighted by Crippen LogP contribution is -2.61. The first kappa shape index (κ1) is 64.6. The molecule has 3 aliphatic rings. The summed E-state index contributed by atoms with van der Waals surface area (Å²) in [7, 11) is 4.64. The Morgan fingerprint density at radius 3 is 2.09 bits per heavy atom. The highest BCUT2D eigenvalue weighted by atomic mass is 16.6. The molecule has 0 radical (unpaired) electrons. The zero-order chi connectivity index (χ0) is 58.5. The fourth-order valence-corrected chi connectivity index (χ4v) is 10.6. The van der Waals surface area contributed by atoms with Crippen molar-refractivity contribution in [3.8, 4) is 5.75 Å². The third kappa shape index (κ3) is 17.0. The molecule has 0 saturated carbocycles. The maximum absolute atomic E-state index is 15.0. The van der Waals surface area contributed by atoms with Crippen molar-refractivity contribution in [3.63, 3.8) is 0 Å². The first-order valence-corrected chi connectivity index (χ1v) is 27.9. The number of Topliss-reactive ketones (excluding diaryl/α,β-unsaturated/α-hetero) is 2. The second-order valence-corrected chi connectivity index (χ2v) is 22.9. The summed E-state index contributed by atoms with van der Waals surface area (Å²) in [5.41, 5.74) is 0.599. The SMILES string of the molecule is CC[C@H](C)[C@H]1NC(=O)[C@@H](NC(=O)[C@@H](CC(C)C)N(C)CC2CCCN2C(=O)C(C)=O)[C@@H](C)OC(=O)[C@H](Cc2ccc(OC)cc2)N(C)C(=O)C2CCCN2C(=O)[C@H](CC(C)C)NC(=O)[C@@H](C)C(=O)[C@H](C(C)C)OC(=O)C[C@@H]1O. The van der Waals surface area contributed by atoms with Gasteiger partial charge < -0.3 is 50.0 Å². The number of ether oxygens (including phenoxy) is 3. The number of rotatable bonds is 16. The van der Waals surface area contributed by atoms with Crippen molar-refractivity contribution >= 4 is 58.9 Å². The Labute approximate surface area is 460 Å². The molecule has 0 aliphatic carbocycles. The van der Waals surface area contributed by atoms with Crippen LogP contribution in [0.25, 0.3) is 0 Å². The van der Waals surface area contributed by atoms with Crippen molar-refractivity contribution in [2.45, 2.75) is 195 Å². The van der Waals surface area contributed by atoms with Crippen LogP contribution >= 0.6 is 0 Å². The number of hydrogen-bond acceptors (Lipinski definition) is 15. The number of benzene rings is 1. The van der Waals surface area contributed by atoms with E-state index in [9.17, 15) is 53.1 Å². The van der Waals surface area contributed by atoms with Crippen molar-refractivity contribution in [1.29, 1.82) is 0 Å². The average Bonchev–Trinajstić information content (AvgIpc) is 4.09. The van der Waals surface area contributed by atoms with E-state index in [1.807, 2.05) is 34.6 Å². The van der Waals surface area contributed by atoms with Gasteiger partial charge in [-0.1, -0.05) is 73.9 Å². The number of nitrogens with zero attached hydrogens (tertiary/aromatic N) is 4. The quantitative estimate of drug-likeness (QED) is 0.105. The zero-order valence-electron chi connectivity index (χ0n) is 48.5. The van der Waals surface area contributed by atoms with Gasteiger partial charge in [0.1, 0.15) is 36.0 Å². The van der Waals surface area contributed by atoms with E-state index in [4.69, 9.17) is 14.2 Å². The highest BCUT2D eigenvalue weighted by molar-refractivity contribution is 6.35. The average molecular weight is 1100 g/mol. The molecule has 1 aromatic rings.